The molecule has 5 heteroatoms. The van der Waals surface area contributed by atoms with E-state index in [1.807, 2.05) is 50.2 Å². The summed E-state index contributed by atoms with van der Waals surface area (Å²) < 4.78 is 5.24. The molecule has 0 aliphatic heterocycles. The molecule has 0 saturated carbocycles. The number of methoxy groups -OCH3 is 1. The molecule has 0 heterocycles. The van der Waals surface area contributed by atoms with Crippen molar-refractivity contribution in [2.75, 3.05) is 12.4 Å². The van der Waals surface area contributed by atoms with Crippen molar-refractivity contribution in [1.82, 2.24) is 0 Å². The first-order valence-corrected chi connectivity index (χ1v) is 6.85. The van der Waals surface area contributed by atoms with E-state index < -0.39 is 0 Å². The molecule has 2 rings (SSSR count). The van der Waals surface area contributed by atoms with Gasteiger partial charge in [0.25, 0.3) is 0 Å². The zero-order valence-electron chi connectivity index (χ0n) is 13.1. The molecule has 0 bridgehead atoms. The minimum atomic E-state index is 0. The van der Waals surface area contributed by atoms with Gasteiger partial charge in [0.2, 0.25) is 0 Å². The van der Waals surface area contributed by atoms with Gasteiger partial charge in [-0.25, -0.2) is 4.99 Å². The fourth-order valence-corrected chi connectivity index (χ4v) is 2.13. The molecule has 118 valence electrons. The second-order valence-corrected chi connectivity index (χ2v) is 5.00. The van der Waals surface area contributed by atoms with Gasteiger partial charge in [-0.3, -0.25) is 0 Å². The van der Waals surface area contributed by atoms with Gasteiger partial charge in [0.1, 0.15) is 5.75 Å². The molecule has 0 aromatic heterocycles. The summed E-state index contributed by atoms with van der Waals surface area (Å²) in [6, 6.07) is 14.0. The maximum absolute atomic E-state index is 5.91. The van der Waals surface area contributed by atoms with Gasteiger partial charge in [-0.05, 0) is 48.7 Å². The molecule has 0 aliphatic carbocycles. The van der Waals surface area contributed by atoms with Crippen molar-refractivity contribution in [3.8, 4) is 5.75 Å². The van der Waals surface area contributed by atoms with E-state index in [1.54, 1.807) is 7.11 Å². The van der Waals surface area contributed by atoms with Crippen LogP contribution >= 0.6 is 24.0 Å². The number of guanidine groups is 1. The van der Waals surface area contributed by atoms with Crippen molar-refractivity contribution in [2.24, 2.45) is 10.7 Å². The lowest BCUT2D eigenvalue weighted by Gasteiger charge is -2.08. The topological polar surface area (TPSA) is 59.6 Å². The van der Waals surface area contributed by atoms with Crippen molar-refractivity contribution < 1.29 is 4.74 Å². The molecule has 2 aromatic carbocycles. The quantitative estimate of drug-likeness (QED) is 0.457. The Kier molecular flexibility index (Phi) is 7.17. The Hall–Kier alpha value is -1.76. The number of anilines is 1. The minimum absolute atomic E-state index is 0. The molecule has 22 heavy (non-hydrogen) atoms. The van der Waals surface area contributed by atoms with Crippen LogP contribution in [-0.4, -0.2) is 13.1 Å². The molecule has 0 amide bonds. The maximum Gasteiger partial charge on any atom is 0.193 e. The Balaban J connectivity index is 0.00000242. The highest BCUT2D eigenvalue weighted by molar-refractivity contribution is 14.0. The van der Waals surface area contributed by atoms with Crippen molar-refractivity contribution >= 4 is 35.6 Å². The zero-order valence-corrected chi connectivity index (χ0v) is 15.4. The van der Waals surface area contributed by atoms with Crippen LogP contribution in [0, 0.1) is 13.8 Å². The molecule has 0 fully saturated rings. The number of nitrogens with zero attached hydrogens (tertiary/aromatic N) is 1. The summed E-state index contributed by atoms with van der Waals surface area (Å²) in [7, 11) is 1.67. The van der Waals surface area contributed by atoms with Gasteiger partial charge in [-0.1, -0.05) is 24.3 Å². The lowest BCUT2D eigenvalue weighted by Crippen LogP contribution is -2.22. The fourth-order valence-electron chi connectivity index (χ4n) is 2.13. The van der Waals surface area contributed by atoms with Crippen LogP contribution in [0.1, 0.15) is 16.7 Å². The van der Waals surface area contributed by atoms with Crippen molar-refractivity contribution in [3.63, 3.8) is 0 Å². The third-order valence-corrected chi connectivity index (χ3v) is 3.18. The first-order chi connectivity index (χ1) is 10.1. The molecule has 0 unspecified atom stereocenters. The molecule has 0 spiro atoms. The lowest BCUT2D eigenvalue weighted by atomic mass is 10.1. The Labute approximate surface area is 148 Å². The third kappa shape index (κ3) is 5.22. The molecule has 3 N–H and O–H groups in total. The largest absolute Gasteiger partial charge is 0.496 e. The van der Waals surface area contributed by atoms with E-state index in [2.05, 4.69) is 16.4 Å². The van der Waals surface area contributed by atoms with Crippen LogP contribution in [0.25, 0.3) is 0 Å². The van der Waals surface area contributed by atoms with Crippen LogP contribution < -0.4 is 15.8 Å². The lowest BCUT2D eigenvalue weighted by molar-refractivity contribution is 0.411. The summed E-state index contributed by atoms with van der Waals surface area (Å²) in [6.45, 7) is 4.59. The molecule has 0 aliphatic rings. The number of nitrogens with two attached hydrogens (primary N) is 1. The molecular weight excluding hydrogens is 389 g/mol. The molecule has 4 nitrogen and oxygen atoms in total. The van der Waals surface area contributed by atoms with Gasteiger partial charge >= 0.3 is 0 Å². The Morgan fingerprint density at radius 3 is 2.59 bits per heavy atom. The SMILES string of the molecule is COc1ccc(CN=C(N)Nc2cccc(C)c2)cc1C.I. The summed E-state index contributed by atoms with van der Waals surface area (Å²) in [5, 5.41) is 3.09. The summed E-state index contributed by atoms with van der Waals surface area (Å²) in [5.74, 6) is 1.29. The standard InChI is InChI=1S/C17H21N3O.HI/c1-12-5-4-6-15(9-12)20-17(18)19-11-14-7-8-16(21-3)13(2)10-14;/h4-10H,11H2,1-3H3,(H3,18,19,20);1H. The van der Waals surface area contributed by atoms with Crippen LogP contribution in [0.5, 0.6) is 5.75 Å². The van der Waals surface area contributed by atoms with Crippen LogP contribution in [0.2, 0.25) is 0 Å². The Morgan fingerprint density at radius 1 is 1.18 bits per heavy atom. The number of hydrogen-bond donors (Lipinski definition) is 2. The highest BCUT2D eigenvalue weighted by Gasteiger charge is 2.00. The van der Waals surface area contributed by atoms with Crippen molar-refractivity contribution in [1.29, 1.82) is 0 Å². The summed E-state index contributed by atoms with van der Waals surface area (Å²) in [5.41, 5.74) is 10.2. The van der Waals surface area contributed by atoms with E-state index in [1.165, 1.54) is 5.56 Å². The van der Waals surface area contributed by atoms with E-state index >= 15 is 0 Å². The number of halogens is 1. The molecule has 0 saturated heterocycles. The van der Waals surface area contributed by atoms with E-state index in [0.717, 1.165) is 22.6 Å². The van der Waals surface area contributed by atoms with Gasteiger partial charge in [0.15, 0.2) is 5.96 Å². The minimum Gasteiger partial charge on any atom is -0.496 e. The second-order valence-electron chi connectivity index (χ2n) is 5.00. The molecule has 0 radical (unpaired) electrons. The number of aliphatic imine (C=N–C) groups is 1. The first-order valence-electron chi connectivity index (χ1n) is 6.85. The van der Waals surface area contributed by atoms with Gasteiger partial charge in [-0.15, -0.1) is 24.0 Å². The van der Waals surface area contributed by atoms with E-state index in [9.17, 15) is 0 Å². The average molecular weight is 411 g/mol. The highest BCUT2D eigenvalue weighted by atomic mass is 127. The van der Waals surface area contributed by atoms with Gasteiger partial charge in [-0.2, -0.15) is 0 Å². The summed E-state index contributed by atoms with van der Waals surface area (Å²) in [4.78, 5) is 4.36. The van der Waals surface area contributed by atoms with Gasteiger partial charge in [0, 0.05) is 5.69 Å². The first kappa shape index (κ1) is 18.3. The average Bonchev–Trinajstić information content (AvgIpc) is 2.45. The number of aryl methyl sites for hydroxylation is 2. The smallest absolute Gasteiger partial charge is 0.193 e. The van der Waals surface area contributed by atoms with Gasteiger partial charge < -0.3 is 15.8 Å². The van der Waals surface area contributed by atoms with Gasteiger partial charge in [0.05, 0.1) is 13.7 Å². The van der Waals surface area contributed by atoms with Crippen LogP contribution in [-0.2, 0) is 6.54 Å². The van der Waals surface area contributed by atoms with E-state index in [4.69, 9.17) is 10.5 Å². The van der Waals surface area contributed by atoms with Crippen molar-refractivity contribution in [2.45, 2.75) is 20.4 Å². The Morgan fingerprint density at radius 2 is 1.95 bits per heavy atom. The Bertz CT molecular complexity index is 656. The van der Waals surface area contributed by atoms with E-state index in [-0.39, 0.29) is 24.0 Å². The number of ether oxygens (including phenoxy) is 1. The predicted octanol–water partition coefficient (Wildman–Crippen LogP) is 3.86. The number of rotatable bonds is 4. The predicted molar refractivity (Wildman–Crippen MR) is 103 cm³/mol. The highest BCUT2D eigenvalue weighted by Crippen LogP contribution is 2.18. The number of benzene rings is 2. The number of hydrogen-bond acceptors (Lipinski definition) is 2. The normalized spacial score (nSPS) is 10.8. The zero-order chi connectivity index (χ0) is 15.2. The maximum atomic E-state index is 5.91. The molecule has 2 aromatic rings. The third-order valence-electron chi connectivity index (χ3n) is 3.18. The summed E-state index contributed by atoms with van der Waals surface area (Å²) in [6.07, 6.45) is 0. The van der Waals surface area contributed by atoms with Crippen LogP contribution in [0.15, 0.2) is 47.5 Å². The second kappa shape index (κ2) is 8.63. The molecule has 0 atom stereocenters. The fraction of sp³-hybridized carbons (Fsp3) is 0.235. The monoisotopic (exact) mass is 411 g/mol. The van der Waals surface area contributed by atoms with E-state index in [0.29, 0.717) is 12.5 Å². The van der Waals surface area contributed by atoms with Crippen LogP contribution in [0.3, 0.4) is 0 Å². The van der Waals surface area contributed by atoms with Crippen molar-refractivity contribution in [3.05, 3.63) is 59.2 Å². The van der Waals surface area contributed by atoms with Crippen LogP contribution in [0.4, 0.5) is 5.69 Å². The summed E-state index contributed by atoms with van der Waals surface area (Å²) >= 11 is 0. The molecular formula is C17H22IN3O. The number of nitrogens with one attached hydrogen (secondary N) is 1.